The van der Waals surface area contributed by atoms with Gasteiger partial charge >= 0.3 is 0 Å². The Morgan fingerprint density at radius 3 is 2.52 bits per heavy atom. The third kappa shape index (κ3) is 4.54. The second kappa shape index (κ2) is 7.93. The van der Waals surface area contributed by atoms with Gasteiger partial charge in [-0.15, -0.1) is 11.6 Å². The molecule has 2 aromatic rings. The summed E-state index contributed by atoms with van der Waals surface area (Å²) >= 11 is 18.4. The van der Waals surface area contributed by atoms with E-state index in [1.165, 1.54) is 5.56 Å². The van der Waals surface area contributed by atoms with Crippen LogP contribution < -0.4 is 4.74 Å². The van der Waals surface area contributed by atoms with Crippen LogP contribution in [0.25, 0.3) is 0 Å². The zero-order valence-electron chi connectivity index (χ0n) is 11.8. The van der Waals surface area contributed by atoms with Gasteiger partial charge in [0, 0.05) is 5.88 Å². The Bertz CT molecular complexity index is 598. The third-order valence-corrected chi connectivity index (χ3v) is 4.71. The average molecular weight is 344 g/mol. The number of hydrogen-bond acceptors (Lipinski definition) is 1. The van der Waals surface area contributed by atoms with Crippen molar-refractivity contribution in [3.8, 4) is 5.75 Å². The average Bonchev–Trinajstić information content (AvgIpc) is 2.51. The molecule has 0 amide bonds. The Kier molecular flexibility index (Phi) is 6.22. The molecular formula is C17H17Cl3O. The van der Waals surface area contributed by atoms with Gasteiger partial charge in [-0.1, -0.05) is 47.5 Å². The molecule has 4 heteroatoms. The molecule has 0 saturated carbocycles. The molecule has 112 valence electrons. The van der Waals surface area contributed by atoms with Crippen LogP contribution in [0.2, 0.25) is 10.0 Å². The molecule has 1 unspecified atom stereocenters. The van der Waals surface area contributed by atoms with Crippen LogP contribution in [-0.4, -0.2) is 13.0 Å². The number of halogens is 3. The first-order valence-corrected chi connectivity index (χ1v) is 8.05. The van der Waals surface area contributed by atoms with Gasteiger partial charge in [0.1, 0.15) is 5.75 Å². The summed E-state index contributed by atoms with van der Waals surface area (Å²) in [6.45, 7) is 0. The highest BCUT2D eigenvalue weighted by Gasteiger charge is 2.13. The van der Waals surface area contributed by atoms with Crippen molar-refractivity contribution in [1.82, 2.24) is 0 Å². The second-order valence-electron chi connectivity index (χ2n) is 4.99. The maximum Gasteiger partial charge on any atom is 0.119 e. The number of alkyl halides is 1. The van der Waals surface area contributed by atoms with Crippen LogP contribution in [-0.2, 0) is 12.8 Å². The molecule has 2 aromatic carbocycles. The fraction of sp³-hybridized carbons (Fsp3) is 0.294. The molecule has 0 heterocycles. The maximum absolute atomic E-state index is 6.25. The summed E-state index contributed by atoms with van der Waals surface area (Å²) in [6, 6.07) is 13.8. The summed E-state index contributed by atoms with van der Waals surface area (Å²) in [5.41, 5.74) is 2.25. The predicted molar refractivity (Wildman–Crippen MR) is 91.1 cm³/mol. The fourth-order valence-corrected chi connectivity index (χ4v) is 2.95. The van der Waals surface area contributed by atoms with Crippen molar-refractivity contribution < 1.29 is 4.74 Å². The van der Waals surface area contributed by atoms with Crippen LogP contribution in [0.1, 0.15) is 11.1 Å². The summed E-state index contributed by atoms with van der Waals surface area (Å²) in [6.07, 6.45) is 1.68. The fourth-order valence-electron chi connectivity index (χ4n) is 2.33. The van der Waals surface area contributed by atoms with Crippen molar-refractivity contribution in [3.05, 3.63) is 63.6 Å². The molecule has 0 aliphatic rings. The van der Waals surface area contributed by atoms with Crippen LogP contribution in [0.15, 0.2) is 42.5 Å². The topological polar surface area (TPSA) is 9.23 Å². The molecule has 0 aromatic heterocycles. The highest BCUT2D eigenvalue weighted by molar-refractivity contribution is 6.42. The molecule has 0 aliphatic heterocycles. The van der Waals surface area contributed by atoms with E-state index in [0.717, 1.165) is 24.2 Å². The lowest BCUT2D eigenvalue weighted by molar-refractivity contribution is 0.414. The Morgan fingerprint density at radius 2 is 1.81 bits per heavy atom. The van der Waals surface area contributed by atoms with Crippen molar-refractivity contribution >= 4 is 34.8 Å². The smallest absolute Gasteiger partial charge is 0.119 e. The zero-order chi connectivity index (χ0) is 15.2. The molecule has 0 fully saturated rings. The van der Waals surface area contributed by atoms with Gasteiger partial charge in [-0.25, -0.2) is 0 Å². The number of hydrogen-bond donors (Lipinski definition) is 0. The molecule has 0 radical (unpaired) electrons. The third-order valence-electron chi connectivity index (χ3n) is 3.42. The summed E-state index contributed by atoms with van der Waals surface area (Å²) in [5.74, 6) is 1.73. The molecule has 0 aliphatic carbocycles. The molecule has 21 heavy (non-hydrogen) atoms. The van der Waals surface area contributed by atoms with E-state index in [2.05, 4.69) is 6.07 Å². The van der Waals surface area contributed by atoms with Crippen molar-refractivity contribution in [2.75, 3.05) is 13.0 Å². The minimum absolute atomic E-state index is 0.301. The Balaban J connectivity index is 2.11. The van der Waals surface area contributed by atoms with Gasteiger partial charge in [-0.05, 0) is 48.1 Å². The van der Waals surface area contributed by atoms with Gasteiger partial charge in [-0.2, -0.15) is 0 Å². The lowest BCUT2D eigenvalue weighted by atomic mass is 9.94. The molecule has 0 N–H and O–H groups in total. The summed E-state index contributed by atoms with van der Waals surface area (Å²) in [4.78, 5) is 0. The Hall–Kier alpha value is -0.890. The maximum atomic E-state index is 6.25. The number of rotatable bonds is 6. The van der Waals surface area contributed by atoms with E-state index in [1.54, 1.807) is 13.2 Å². The van der Waals surface area contributed by atoms with Gasteiger partial charge < -0.3 is 4.74 Å². The first-order valence-electron chi connectivity index (χ1n) is 6.75. The Labute approximate surface area is 140 Å². The number of methoxy groups -OCH3 is 1. The largest absolute Gasteiger partial charge is 0.497 e. The zero-order valence-corrected chi connectivity index (χ0v) is 14.1. The monoisotopic (exact) mass is 342 g/mol. The van der Waals surface area contributed by atoms with E-state index in [4.69, 9.17) is 39.5 Å². The van der Waals surface area contributed by atoms with Crippen LogP contribution >= 0.6 is 34.8 Å². The summed E-state index contributed by atoms with van der Waals surface area (Å²) < 4.78 is 5.25. The van der Waals surface area contributed by atoms with E-state index < -0.39 is 0 Å². The van der Waals surface area contributed by atoms with Crippen LogP contribution in [0.3, 0.4) is 0 Å². The van der Waals surface area contributed by atoms with E-state index >= 15 is 0 Å². The van der Waals surface area contributed by atoms with E-state index in [9.17, 15) is 0 Å². The predicted octanol–water partition coefficient (Wildman–Crippen LogP) is 5.64. The normalized spacial score (nSPS) is 12.2. The van der Waals surface area contributed by atoms with Crippen LogP contribution in [0.5, 0.6) is 5.75 Å². The van der Waals surface area contributed by atoms with E-state index in [0.29, 0.717) is 21.8 Å². The van der Waals surface area contributed by atoms with Crippen molar-refractivity contribution in [2.45, 2.75) is 12.8 Å². The van der Waals surface area contributed by atoms with Gasteiger partial charge in [0.15, 0.2) is 0 Å². The van der Waals surface area contributed by atoms with E-state index in [-0.39, 0.29) is 0 Å². The molecule has 1 atom stereocenters. The first-order chi connectivity index (χ1) is 10.1. The lowest BCUT2D eigenvalue weighted by Crippen LogP contribution is -2.10. The van der Waals surface area contributed by atoms with Gasteiger partial charge in [0.2, 0.25) is 0 Å². The van der Waals surface area contributed by atoms with Crippen LogP contribution in [0, 0.1) is 5.92 Å². The minimum atomic E-state index is 0.301. The van der Waals surface area contributed by atoms with Crippen molar-refractivity contribution in [1.29, 1.82) is 0 Å². The quantitative estimate of drug-likeness (QED) is 0.616. The SMILES string of the molecule is COc1cccc(CC(CCl)Cc2cccc(Cl)c2Cl)c1. The summed E-state index contributed by atoms with van der Waals surface area (Å²) in [5, 5.41) is 1.21. The molecule has 0 saturated heterocycles. The lowest BCUT2D eigenvalue weighted by Gasteiger charge is -2.16. The van der Waals surface area contributed by atoms with Crippen LogP contribution in [0.4, 0.5) is 0 Å². The van der Waals surface area contributed by atoms with E-state index in [1.807, 2.05) is 30.3 Å². The van der Waals surface area contributed by atoms with Gasteiger partial charge in [0.05, 0.1) is 17.2 Å². The second-order valence-corrected chi connectivity index (χ2v) is 6.09. The molecule has 0 spiro atoms. The highest BCUT2D eigenvalue weighted by atomic mass is 35.5. The van der Waals surface area contributed by atoms with Gasteiger partial charge in [0.25, 0.3) is 0 Å². The molecule has 2 rings (SSSR count). The standard InChI is InChI=1S/C17H17Cl3O/c1-21-15-6-2-4-12(10-15)8-13(11-18)9-14-5-3-7-16(19)17(14)20/h2-7,10,13H,8-9,11H2,1H3. The molecular weight excluding hydrogens is 327 g/mol. The van der Waals surface area contributed by atoms with Gasteiger partial charge in [-0.3, -0.25) is 0 Å². The highest BCUT2D eigenvalue weighted by Crippen LogP contribution is 2.28. The minimum Gasteiger partial charge on any atom is -0.497 e. The van der Waals surface area contributed by atoms with Crippen molar-refractivity contribution in [3.63, 3.8) is 0 Å². The summed E-state index contributed by atoms with van der Waals surface area (Å²) in [7, 11) is 1.67. The number of ether oxygens (including phenoxy) is 1. The first kappa shape index (κ1) is 16.5. The molecule has 0 bridgehead atoms. The number of benzene rings is 2. The Morgan fingerprint density at radius 1 is 1.05 bits per heavy atom. The molecule has 1 nitrogen and oxygen atoms in total. The van der Waals surface area contributed by atoms with Crippen molar-refractivity contribution in [2.24, 2.45) is 5.92 Å².